The molecule has 0 aliphatic heterocycles. The van der Waals surface area contributed by atoms with Gasteiger partial charge in [0.25, 0.3) is 0 Å². The highest BCUT2D eigenvalue weighted by atomic mass is 15.4. The number of nitrogens with one attached hydrogen (secondary N) is 2. The minimum Gasteiger partial charge on any atom is -0.323 e. The van der Waals surface area contributed by atoms with E-state index in [1.165, 1.54) is 0 Å². The summed E-state index contributed by atoms with van der Waals surface area (Å²) in [6.45, 7) is 0. The van der Waals surface area contributed by atoms with E-state index in [0.717, 1.165) is 22.4 Å². The fourth-order valence-electron chi connectivity index (χ4n) is 2.37. The van der Waals surface area contributed by atoms with Gasteiger partial charge in [-0.3, -0.25) is 9.97 Å². The smallest absolute Gasteiger partial charge is 0.222 e. The van der Waals surface area contributed by atoms with Crippen LogP contribution >= 0.6 is 0 Å². The van der Waals surface area contributed by atoms with Crippen molar-refractivity contribution in [2.45, 2.75) is 0 Å². The minimum absolute atomic E-state index is 0.570. The highest BCUT2D eigenvalue weighted by molar-refractivity contribution is 6.10. The van der Waals surface area contributed by atoms with Gasteiger partial charge in [-0.1, -0.05) is 24.3 Å². The molecule has 2 N–H and O–H groups in total. The van der Waals surface area contributed by atoms with Crippen LogP contribution in [0.5, 0.6) is 0 Å². The average molecular weight is 314 g/mol. The molecule has 0 spiro atoms. The minimum atomic E-state index is 0.570. The third-order valence-electron chi connectivity index (χ3n) is 3.48. The van der Waals surface area contributed by atoms with Crippen LogP contribution in [0.15, 0.2) is 78.2 Å². The Hall–Kier alpha value is -3.54. The Morgan fingerprint density at radius 1 is 0.833 bits per heavy atom. The number of hydrogen-bond acceptors (Lipinski definition) is 5. The average Bonchev–Trinajstić information content (AvgIpc) is 3.07. The van der Waals surface area contributed by atoms with E-state index in [0.29, 0.717) is 11.7 Å². The van der Waals surface area contributed by atoms with Crippen molar-refractivity contribution in [1.82, 2.24) is 19.9 Å². The number of pyridine rings is 2. The van der Waals surface area contributed by atoms with Crippen LogP contribution in [-0.2, 0) is 0 Å². The number of H-pyrrole nitrogens is 1. The van der Waals surface area contributed by atoms with Crippen molar-refractivity contribution in [2.24, 2.45) is 5.10 Å². The molecule has 0 radical (unpaired) electrons. The van der Waals surface area contributed by atoms with Crippen LogP contribution in [0.25, 0.3) is 11.0 Å². The maximum Gasteiger partial charge on any atom is 0.222 e. The standard InChI is InChI=1S/C18H14N6/c1-2-8-14-13(7-1)21-18(22-14)24-23-17(15-9-3-5-11-19-15)16-10-4-6-12-20-16/h1-12H,(H2,21,22,24). The Morgan fingerprint density at radius 3 is 2.12 bits per heavy atom. The van der Waals surface area contributed by atoms with Gasteiger partial charge < -0.3 is 4.98 Å². The van der Waals surface area contributed by atoms with Crippen LogP contribution in [0.4, 0.5) is 5.95 Å². The Labute approximate surface area is 138 Å². The zero-order valence-electron chi connectivity index (χ0n) is 12.7. The second kappa shape index (κ2) is 6.29. The van der Waals surface area contributed by atoms with E-state index in [2.05, 4.69) is 30.5 Å². The SMILES string of the molecule is c1ccc(C(=NNc2nc3ccccc3[nH]2)c2ccccn2)nc1. The number of anilines is 1. The van der Waals surface area contributed by atoms with E-state index in [-0.39, 0.29) is 0 Å². The van der Waals surface area contributed by atoms with E-state index < -0.39 is 0 Å². The summed E-state index contributed by atoms with van der Waals surface area (Å²) in [5, 5.41) is 4.48. The Bertz CT molecular complexity index is 902. The first-order chi connectivity index (χ1) is 11.9. The molecule has 0 bridgehead atoms. The zero-order valence-corrected chi connectivity index (χ0v) is 12.7. The molecule has 1 aromatic carbocycles. The molecule has 0 amide bonds. The van der Waals surface area contributed by atoms with Gasteiger partial charge in [0.15, 0.2) is 0 Å². The summed E-state index contributed by atoms with van der Waals surface area (Å²) in [5.74, 6) is 0.570. The van der Waals surface area contributed by atoms with E-state index in [9.17, 15) is 0 Å². The van der Waals surface area contributed by atoms with E-state index in [1.54, 1.807) is 12.4 Å². The number of hydrogen-bond donors (Lipinski definition) is 2. The molecule has 4 rings (SSSR count). The molecule has 116 valence electrons. The van der Waals surface area contributed by atoms with Crippen molar-refractivity contribution in [2.75, 3.05) is 5.43 Å². The van der Waals surface area contributed by atoms with Crippen molar-refractivity contribution < 1.29 is 0 Å². The summed E-state index contributed by atoms with van der Waals surface area (Å²) in [6, 6.07) is 19.2. The molecule has 6 heteroatoms. The first-order valence-electron chi connectivity index (χ1n) is 7.51. The number of para-hydroxylation sites is 2. The monoisotopic (exact) mass is 314 g/mol. The van der Waals surface area contributed by atoms with Gasteiger partial charge in [0, 0.05) is 12.4 Å². The van der Waals surface area contributed by atoms with Gasteiger partial charge in [-0.15, -0.1) is 0 Å². The highest BCUT2D eigenvalue weighted by Gasteiger charge is 2.10. The van der Waals surface area contributed by atoms with E-state index in [4.69, 9.17) is 0 Å². The number of benzene rings is 1. The third-order valence-corrected chi connectivity index (χ3v) is 3.48. The Balaban J connectivity index is 1.71. The number of imidazole rings is 1. The molecule has 24 heavy (non-hydrogen) atoms. The van der Waals surface area contributed by atoms with Crippen LogP contribution < -0.4 is 5.43 Å². The first-order valence-corrected chi connectivity index (χ1v) is 7.51. The third kappa shape index (κ3) is 2.85. The lowest BCUT2D eigenvalue weighted by molar-refractivity contribution is 1.18. The molecule has 3 heterocycles. The maximum absolute atomic E-state index is 4.48. The summed E-state index contributed by atoms with van der Waals surface area (Å²) in [5.41, 5.74) is 6.93. The normalized spacial score (nSPS) is 10.5. The van der Waals surface area contributed by atoms with Crippen molar-refractivity contribution in [3.8, 4) is 0 Å². The fourth-order valence-corrected chi connectivity index (χ4v) is 2.37. The maximum atomic E-state index is 4.48. The molecule has 0 aliphatic rings. The molecule has 3 aromatic heterocycles. The summed E-state index contributed by atoms with van der Waals surface area (Å²) in [4.78, 5) is 16.4. The molecule has 0 saturated heterocycles. The van der Waals surface area contributed by atoms with Crippen LogP contribution in [-0.4, -0.2) is 25.6 Å². The number of nitrogens with zero attached hydrogens (tertiary/aromatic N) is 4. The van der Waals surface area contributed by atoms with Gasteiger partial charge >= 0.3 is 0 Å². The molecule has 4 aromatic rings. The largest absolute Gasteiger partial charge is 0.323 e. The molecule has 0 atom stereocenters. The van der Waals surface area contributed by atoms with Crippen LogP contribution in [0.3, 0.4) is 0 Å². The Morgan fingerprint density at radius 2 is 1.50 bits per heavy atom. The molecular formula is C18H14N6. The lowest BCUT2D eigenvalue weighted by atomic mass is 10.1. The highest BCUT2D eigenvalue weighted by Crippen LogP contribution is 2.14. The van der Waals surface area contributed by atoms with Crippen molar-refractivity contribution in [1.29, 1.82) is 0 Å². The second-order valence-corrected chi connectivity index (χ2v) is 5.10. The van der Waals surface area contributed by atoms with Gasteiger partial charge in [0.05, 0.1) is 22.4 Å². The molecule has 0 fully saturated rings. The predicted molar refractivity (Wildman–Crippen MR) is 93.8 cm³/mol. The van der Waals surface area contributed by atoms with Crippen molar-refractivity contribution >= 4 is 22.7 Å². The quantitative estimate of drug-likeness (QED) is 0.448. The fraction of sp³-hybridized carbons (Fsp3) is 0. The van der Waals surface area contributed by atoms with Crippen LogP contribution in [0.1, 0.15) is 11.4 Å². The lowest BCUT2D eigenvalue weighted by Crippen LogP contribution is -2.10. The number of rotatable bonds is 4. The topological polar surface area (TPSA) is 78.9 Å². The number of hydrazone groups is 1. The molecule has 6 nitrogen and oxygen atoms in total. The van der Waals surface area contributed by atoms with E-state index in [1.807, 2.05) is 60.7 Å². The Kier molecular flexibility index (Phi) is 3.69. The molecule has 0 saturated carbocycles. The number of aromatic amines is 1. The van der Waals surface area contributed by atoms with Crippen LogP contribution in [0.2, 0.25) is 0 Å². The van der Waals surface area contributed by atoms with Crippen molar-refractivity contribution in [3.63, 3.8) is 0 Å². The molecule has 0 unspecified atom stereocenters. The molecule has 0 aliphatic carbocycles. The van der Waals surface area contributed by atoms with Gasteiger partial charge in [-0.2, -0.15) is 5.10 Å². The van der Waals surface area contributed by atoms with Gasteiger partial charge in [0.2, 0.25) is 5.95 Å². The van der Waals surface area contributed by atoms with E-state index >= 15 is 0 Å². The second-order valence-electron chi connectivity index (χ2n) is 5.10. The van der Waals surface area contributed by atoms with Crippen LogP contribution in [0, 0.1) is 0 Å². The number of fused-ring (bicyclic) bond motifs is 1. The van der Waals surface area contributed by atoms with Gasteiger partial charge in [0.1, 0.15) is 5.71 Å². The zero-order chi connectivity index (χ0) is 16.2. The lowest BCUT2D eigenvalue weighted by Gasteiger charge is -2.05. The summed E-state index contributed by atoms with van der Waals surface area (Å²) in [6.07, 6.45) is 3.46. The first kappa shape index (κ1) is 14.1. The molecular weight excluding hydrogens is 300 g/mol. The van der Waals surface area contributed by atoms with Crippen molar-refractivity contribution in [3.05, 3.63) is 84.4 Å². The summed E-state index contributed by atoms with van der Waals surface area (Å²) in [7, 11) is 0. The number of aromatic nitrogens is 4. The summed E-state index contributed by atoms with van der Waals surface area (Å²) < 4.78 is 0. The van der Waals surface area contributed by atoms with Gasteiger partial charge in [-0.25, -0.2) is 10.4 Å². The summed E-state index contributed by atoms with van der Waals surface area (Å²) >= 11 is 0. The predicted octanol–water partition coefficient (Wildman–Crippen LogP) is 3.22. The van der Waals surface area contributed by atoms with Gasteiger partial charge in [-0.05, 0) is 36.4 Å².